The van der Waals surface area contributed by atoms with E-state index >= 15 is 0 Å². The lowest BCUT2D eigenvalue weighted by Gasteiger charge is -2.38. The summed E-state index contributed by atoms with van der Waals surface area (Å²) < 4.78 is 24.1. The van der Waals surface area contributed by atoms with Gasteiger partial charge in [0.05, 0.1) is 16.7 Å². The van der Waals surface area contributed by atoms with Crippen LogP contribution in [-0.4, -0.2) is 102 Å². The molecular formula is C43H34O20. The van der Waals surface area contributed by atoms with E-state index in [1.165, 1.54) is 0 Å². The van der Waals surface area contributed by atoms with E-state index in [0.717, 1.165) is 60.7 Å². The maximum absolute atomic E-state index is 14.0. The number of aliphatic hydroxyl groups is 1. The topological polar surface area (TPSA) is 351 Å². The minimum absolute atomic E-state index is 0.0151. The van der Waals surface area contributed by atoms with Gasteiger partial charge in [-0.25, -0.2) is 9.59 Å². The van der Waals surface area contributed by atoms with Crippen molar-refractivity contribution in [2.45, 2.75) is 43.7 Å². The molecule has 0 spiro atoms. The number of ketones is 1. The largest absolute Gasteiger partial charge is 0.508 e. The van der Waals surface area contributed by atoms with Gasteiger partial charge >= 0.3 is 11.9 Å². The molecule has 2 aliphatic heterocycles. The van der Waals surface area contributed by atoms with Crippen molar-refractivity contribution in [1.82, 2.24) is 0 Å². The quantitative estimate of drug-likeness (QED) is 0.0844. The lowest BCUT2D eigenvalue weighted by Crippen LogP contribution is -2.46. The van der Waals surface area contributed by atoms with E-state index in [9.17, 15) is 80.8 Å². The Labute approximate surface area is 352 Å². The number of allylic oxidation sites excluding steroid dienone is 1. The van der Waals surface area contributed by atoms with Gasteiger partial charge in [-0.05, 0) is 48.4 Å². The van der Waals surface area contributed by atoms with Crippen LogP contribution in [0.1, 0.15) is 59.4 Å². The summed E-state index contributed by atoms with van der Waals surface area (Å²) in [5.41, 5.74) is -1.88. The number of carbonyl (C=O) groups is 3. The highest BCUT2D eigenvalue weighted by Gasteiger charge is 2.45. The molecule has 0 saturated heterocycles. The molecule has 5 aromatic rings. The Balaban J connectivity index is 1.24. The fourth-order valence-electron chi connectivity index (χ4n) is 7.96. The van der Waals surface area contributed by atoms with E-state index < -0.39 is 146 Å². The molecule has 5 atom stereocenters. The van der Waals surface area contributed by atoms with Crippen molar-refractivity contribution < 1.29 is 99.7 Å². The van der Waals surface area contributed by atoms with Crippen molar-refractivity contribution in [3.8, 4) is 80.5 Å². The molecule has 0 saturated carbocycles. The van der Waals surface area contributed by atoms with E-state index in [1.54, 1.807) is 0 Å². The van der Waals surface area contributed by atoms with E-state index in [-0.39, 0.29) is 46.6 Å². The Morgan fingerprint density at radius 2 is 0.968 bits per heavy atom. The normalized spacial score (nSPS) is 20.1. The van der Waals surface area contributed by atoms with E-state index in [0.29, 0.717) is 0 Å². The Hall–Kier alpha value is -8.55. The number of esters is 2. The fourth-order valence-corrected chi connectivity index (χ4v) is 7.96. The van der Waals surface area contributed by atoms with Crippen LogP contribution in [-0.2, 0) is 28.7 Å². The van der Waals surface area contributed by atoms with E-state index in [1.807, 2.05) is 0 Å². The summed E-state index contributed by atoms with van der Waals surface area (Å²) in [5.74, 6) is -15.4. The third-order valence-electron chi connectivity index (χ3n) is 10.9. The molecule has 8 rings (SSSR count). The molecule has 2 heterocycles. The van der Waals surface area contributed by atoms with Gasteiger partial charge in [-0.15, -0.1) is 0 Å². The second-order valence-corrected chi connectivity index (χ2v) is 15.0. The lowest BCUT2D eigenvalue weighted by atomic mass is 9.82. The van der Waals surface area contributed by atoms with Crippen LogP contribution in [0.15, 0.2) is 66.4 Å². The number of benzene rings is 5. The first-order valence-electron chi connectivity index (χ1n) is 18.7. The summed E-state index contributed by atoms with van der Waals surface area (Å²) in [7, 11) is 0. The van der Waals surface area contributed by atoms with Crippen molar-refractivity contribution in [3.05, 3.63) is 105 Å². The third-order valence-corrected chi connectivity index (χ3v) is 10.9. The number of fused-ring (bicyclic) bond motifs is 3. The monoisotopic (exact) mass is 870 g/mol. The van der Waals surface area contributed by atoms with Gasteiger partial charge in [0.15, 0.2) is 57.9 Å². The molecule has 3 aliphatic rings. The molecule has 3 unspecified atom stereocenters. The number of aliphatic hydroxyl groups excluding tert-OH is 1. The number of carbonyl (C=O) groups excluding carboxylic acids is 3. The van der Waals surface area contributed by atoms with Gasteiger partial charge < -0.3 is 85.3 Å². The first kappa shape index (κ1) is 41.2. The number of phenols is 12. The van der Waals surface area contributed by atoms with Crippen molar-refractivity contribution in [1.29, 1.82) is 0 Å². The van der Waals surface area contributed by atoms with Gasteiger partial charge in [0, 0.05) is 59.7 Å². The smallest absolute Gasteiger partial charge is 0.338 e. The predicted molar refractivity (Wildman–Crippen MR) is 208 cm³/mol. The van der Waals surface area contributed by atoms with Gasteiger partial charge in [0.25, 0.3) is 0 Å². The first-order chi connectivity index (χ1) is 29.8. The first-order valence-corrected chi connectivity index (χ1v) is 18.7. The maximum atomic E-state index is 14.0. The molecule has 0 amide bonds. The predicted octanol–water partition coefficient (Wildman–Crippen LogP) is 4.08. The fraction of sp³-hybridized carbons (Fsp3) is 0.186. The van der Waals surface area contributed by atoms with Crippen LogP contribution in [0.2, 0.25) is 0 Å². The Kier molecular flexibility index (Phi) is 9.92. The standard InChI is InChI=1S/C43H34O20/c44-17-7-23(46)21-12-33(62-42(58)15-3-25(48)36(54)26(49)4-15)40(60-31(21)9-17)14-1-19-20(11-30(53)39(57)35(19)38(56)29(52)2-14)41-34(13-22-24(47)8-18(45)10-32(22)61-41)63-43(59)16-5-27(50)37(55)28(51)6-16/h2-11,14,33-34,40-41,44-55,57H,1,12-13H2/t14?,33-,34?,40-,41?/m1/s1. The number of hydrogen-bond acceptors (Lipinski definition) is 20. The molecule has 0 bridgehead atoms. The molecule has 0 radical (unpaired) electrons. The molecule has 20 nitrogen and oxygen atoms in total. The van der Waals surface area contributed by atoms with Crippen LogP contribution >= 0.6 is 0 Å². The number of ether oxygens (including phenoxy) is 4. The number of rotatable bonds is 6. The van der Waals surface area contributed by atoms with E-state index in [2.05, 4.69) is 0 Å². The summed E-state index contributed by atoms with van der Waals surface area (Å²) in [6.45, 7) is 0. The zero-order chi connectivity index (χ0) is 45.3. The minimum atomic E-state index is -1.61. The highest BCUT2D eigenvalue weighted by Crippen LogP contribution is 2.49. The molecule has 1 aliphatic carbocycles. The average molecular weight is 871 g/mol. The van der Waals surface area contributed by atoms with Gasteiger partial charge in [0.1, 0.15) is 52.8 Å². The summed E-state index contributed by atoms with van der Waals surface area (Å²) in [4.78, 5) is 41.2. The van der Waals surface area contributed by atoms with Crippen LogP contribution in [0.25, 0.3) is 0 Å². The second kappa shape index (κ2) is 15.2. The van der Waals surface area contributed by atoms with Crippen LogP contribution in [0.3, 0.4) is 0 Å². The third kappa shape index (κ3) is 7.28. The number of hydrogen-bond donors (Lipinski definition) is 13. The van der Waals surface area contributed by atoms with Gasteiger partial charge in [-0.1, -0.05) is 0 Å². The summed E-state index contributed by atoms with van der Waals surface area (Å²) in [6.07, 6.45) is -6.27. The van der Waals surface area contributed by atoms with Crippen molar-refractivity contribution in [3.63, 3.8) is 0 Å². The highest BCUT2D eigenvalue weighted by atomic mass is 16.6. The Morgan fingerprint density at radius 1 is 0.508 bits per heavy atom. The summed E-state index contributed by atoms with van der Waals surface area (Å²) in [6, 6.07) is 8.34. The van der Waals surface area contributed by atoms with Crippen molar-refractivity contribution >= 4 is 17.7 Å². The zero-order valence-electron chi connectivity index (χ0n) is 32.0. The molecule has 326 valence electrons. The number of phenolic OH excluding ortho intramolecular Hbond substituents is 12. The number of Topliss-reactive ketones (excluding diaryl/α,β-unsaturated/α-hetero) is 1. The molecule has 0 fully saturated rings. The summed E-state index contributed by atoms with van der Waals surface area (Å²) in [5, 5.41) is 136. The van der Waals surface area contributed by atoms with Crippen molar-refractivity contribution in [2.75, 3.05) is 0 Å². The van der Waals surface area contributed by atoms with Gasteiger partial charge in [-0.2, -0.15) is 0 Å². The molecular weight excluding hydrogens is 836 g/mol. The maximum Gasteiger partial charge on any atom is 0.338 e. The zero-order valence-corrected chi connectivity index (χ0v) is 32.0. The average Bonchev–Trinajstić information content (AvgIpc) is 3.35. The Morgan fingerprint density at radius 3 is 1.49 bits per heavy atom. The van der Waals surface area contributed by atoms with E-state index in [4.69, 9.17) is 18.9 Å². The lowest BCUT2D eigenvalue weighted by molar-refractivity contribution is -0.0318. The molecule has 20 heteroatoms. The summed E-state index contributed by atoms with van der Waals surface area (Å²) >= 11 is 0. The second-order valence-electron chi connectivity index (χ2n) is 15.0. The number of aromatic hydroxyl groups is 12. The van der Waals surface area contributed by atoms with Crippen LogP contribution in [0, 0.1) is 5.92 Å². The van der Waals surface area contributed by atoms with Crippen LogP contribution < -0.4 is 9.47 Å². The van der Waals surface area contributed by atoms with Crippen LogP contribution in [0.5, 0.6) is 80.5 Å². The highest BCUT2D eigenvalue weighted by molar-refractivity contribution is 6.11. The van der Waals surface area contributed by atoms with Crippen molar-refractivity contribution in [2.24, 2.45) is 5.92 Å². The van der Waals surface area contributed by atoms with Crippen LogP contribution in [0.4, 0.5) is 0 Å². The minimum Gasteiger partial charge on any atom is -0.508 e. The SMILES string of the molecule is O=C(OC1Cc2c(O)cc(O)cc2OC1c1cc(O)c(O)c2c1CC([C@H]1Oc3cc(O)cc(O)c3C[C@H]1OC(=O)c1cc(O)c(O)c(O)c1)C=C(O)C2=O)c1cc(O)c(O)c(O)c1. The molecule has 63 heavy (non-hydrogen) atoms. The molecule has 0 aromatic heterocycles. The molecule has 5 aromatic carbocycles. The molecule has 13 N–H and O–H groups in total. The van der Waals surface area contributed by atoms with Gasteiger partial charge in [-0.3, -0.25) is 4.79 Å². The Bertz CT molecular complexity index is 2760. The van der Waals surface area contributed by atoms with Gasteiger partial charge in [0.2, 0.25) is 5.78 Å².